The number of amides is 1. The molecule has 0 radical (unpaired) electrons. The Morgan fingerprint density at radius 2 is 2.00 bits per heavy atom. The summed E-state index contributed by atoms with van der Waals surface area (Å²) < 4.78 is 32.7. The van der Waals surface area contributed by atoms with Crippen LogP contribution in [0.5, 0.6) is 0 Å². The largest absolute Gasteiger partial charge is 0.383 e. The number of nitrogens with zero attached hydrogens (tertiary/aromatic N) is 2. The molecule has 1 amide bonds. The van der Waals surface area contributed by atoms with Crippen molar-refractivity contribution < 1.29 is 18.3 Å². The number of para-hydroxylation sites is 1. The van der Waals surface area contributed by atoms with Crippen LogP contribution in [0.3, 0.4) is 0 Å². The maximum Gasteiger partial charge on any atom is 0.262 e. The summed E-state index contributed by atoms with van der Waals surface area (Å²) in [5.74, 6) is -2.53. The number of hydrogen-bond donors (Lipinski definition) is 1. The van der Waals surface area contributed by atoms with Gasteiger partial charge in [0, 0.05) is 18.9 Å². The quantitative estimate of drug-likeness (QED) is 0.483. The normalized spacial score (nSPS) is 11.0. The number of nitrogens with one attached hydrogen (secondary N) is 1. The van der Waals surface area contributed by atoms with Gasteiger partial charge in [-0.3, -0.25) is 14.2 Å². The molecule has 0 atom stereocenters. The molecule has 0 aliphatic rings. The standard InChI is InChI=1S/C19H17F2N3O3S/c1-27-9-8-24-18(26)13-4-2-3-5-16(13)23-19(24)28-11-17(25)22-12-6-7-14(20)15(21)10-12/h2-7,10H,8-9,11H2,1H3,(H,22,25). The fraction of sp³-hybridized carbons (Fsp3) is 0.211. The number of rotatable bonds is 7. The number of hydrogen-bond acceptors (Lipinski definition) is 5. The molecule has 0 bridgehead atoms. The number of halogens is 2. The number of fused-ring (bicyclic) bond motifs is 1. The molecule has 0 saturated carbocycles. The van der Waals surface area contributed by atoms with Gasteiger partial charge in [0.2, 0.25) is 5.91 Å². The van der Waals surface area contributed by atoms with Crippen molar-refractivity contribution in [1.82, 2.24) is 9.55 Å². The number of carbonyl (C=O) groups excluding carboxylic acids is 1. The molecule has 0 unspecified atom stereocenters. The summed E-state index contributed by atoms with van der Waals surface area (Å²) in [6.07, 6.45) is 0. The minimum absolute atomic E-state index is 0.0588. The van der Waals surface area contributed by atoms with Crippen LogP contribution in [0, 0.1) is 11.6 Å². The molecule has 1 aromatic heterocycles. The summed E-state index contributed by atoms with van der Waals surface area (Å²) in [7, 11) is 1.53. The number of thioether (sulfide) groups is 1. The van der Waals surface area contributed by atoms with Crippen molar-refractivity contribution in [3.8, 4) is 0 Å². The van der Waals surface area contributed by atoms with E-state index < -0.39 is 17.5 Å². The first-order chi connectivity index (χ1) is 13.5. The highest BCUT2D eigenvalue weighted by molar-refractivity contribution is 7.99. The van der Waals surface area contributed by atoms with Crippen molar-refractivity contribution in [2.24, 2.45) is 0 Å². The Morgan fingerprint density at radius 1 is 1.21 bits per heavy atom. The van der Waals surface area contributed by atoms with E-state index in [0.717, 1.165) is 23.9 Å². The van der Waals surface area contributed by atoms with Crippen LogP contribution in [0.25, 0.3) is 10.9 Å². The van der Waals surface area contributed by atoms with Crippen LogP contribution < -0.4 is 10.9 Å². The number of methoxy groups -OCH3 is 1. The Morgan fingerprint density at radius 3 is 2.75 bits per heavy atom. The van der Waals surface area contributed by atoms with E-state index in [9.17, 15) is 18.4 Å². The topological polar surface area (TPSA) is 73.2 Å². The van der Waals surface area contributed by atoms with Gasteiger partial charge in [-0.25, -0.2) is 13.8 Å². The maximum absolute atomic E-state index is 13.3. The van der Waals surface area contributed by atoms with E-state index in [4.69, 9.17) is 4.74 Å². The molecule has 28 heavy (non-hydrogen) atoms. The van der Waals surface area contributed by atoms with Gasteiger partial charge in [-0.15, -0.1) is 0 Å². The predicted molar refractivity (Wildman–Crippen MR) is 104 cm³/mol. The first-order valence-corrected chi connectivity index (χ1v) is 9.34. The third-order valence-corrected chi connectivity index (χ3v) is 4.86. The molecule has 3 rings (SSSR count). The van der Waals surface area contributed by atoms with Crippen molar-refractivity contribution in [3.63, 3.8) is 0 Å². The van der Waals surface area contributed by atoms with Gasteiger partial charge in [-0.05, 0) is 24.3 Å². The lowest BCUT2D eigenvalue weighted by Gasteiger charge is -2.12. The molecule has 0 fully saturated rings. The molecule has 6 nitrogen and oxygen atoms in total. The van der Waals surface area contributed by atoms with Gasteiger partial charge in [0.05, 0.1) is 29.8 Å². The summed E-state index contributed by atoms with van der Waals surface area (Å²) in [5.41, 5.74) is 0.462. The van der Waals surface area contributed by atoms with Crippen molar-refractivity contribution in [3.05, 3.63) is 64.5 Å². The van der Waals surface area contributed by atoms with Crippen molar-refractivity contribution in [1.29, 1.82) is 0 Å². The highest BCUT2D eigenvalue weighted by Gasteiger charge is 2.13. The van der Waals surface area contributed by atoms with Gasteiger partial charge in [-0.1, -0.05) is 23.9 Å². The average Bonchev–Trinajstić information content (AvgIpc) is 2.69. The number of ether oxygens (including phenoxy) is 1. The van der Waals surface area contributed by atoms with Gasteiger partial charge in [0.15, 0.2) is 16.8 Å². The van der Waals surface area contributed by atoms with E-state index in [1.807, 2.05) is 0 Å². The molecule has 2 aromatic carbocycles. The lowest BCUT2D eigenvalue weighted by molar-refractivity contribution is -0.113. The SMILES string of the molecule is COCCn1c(SCC(=O)Nc2ccc(F)c(F)c2)nc2ccccc2c1=O. The van der Waals surface area contributed by atoms with Crippen LogP contribution in [0.1, 0.15) is 0 Å². The zero-order valence-electron chi connectivity index (χ0n) is 14.9. The summed E-state index contributed by atoms with van der Waals surface area (Å²) in [4.78, 5) is 29.4. The lowest BCUT2D eigenvalue weighted by atomic mass is 10.2. The molecule has 0 saturated heterocycles. The van der Waals surface area contributed by atoms with E-state index >= 15 is 0 Å². The molecule has 3 aromatic rings. The van der Waals surface area contributed by atoms with E-state index in [1.54, 1.807) is 24.3 Å². The average molecular weight is 405 g/mol. The molecule has 9 heteroatoms. The van der Waals surface area contributed by atoms with Gasteiger partial charge in [-0.2, -0.15) is 0 Å². The second kappa shape index (κ2) is 8.94. The number of anilines is 1. The lowest BCUT2D eigenvalue weighted by Crippen LogP contribution is -2.26. The Bertz CT molecular complexity index is 1070. The van der Waals surface area contributed by atoms with Gasteiger partial charge in [0.25, 0.3) is 5.56 Å². The van der Waals surface area contributed by atoms with Gasteiger partial charge >= 0.3 is 0 Å². The zero-order chi connectivity index (χ0) is 20.1. The van der Waals surface area contributed by atoms with Crippen molar-refractivity contribution in [2.45, 2.75) is 11.7 Å². The fourth-order valence-electron chi connectivity index (χ4n) is 2.54. The second-order valence-electron chi connectivity index (χ2n) is 5.83. The molecule has 1 heterocycles. The van der Waals surface area contributed by atoms with Gasteiger partial charge in [0.1, 0.15) is 0 Å². The number of carbonyl (C=O) groups is 1. The molecular formula is C19H17F2N3O3S. The Kier molecular flexibility index (Phi) is 6.37. The first-order valence-electron chi connectivity index (χ1n) is 8.36. The Hall–Kier alpha value is -2.78. The summed E-state index contributed by atoms with van der Waals surface area (Å²) in [6.45, 7) is 0.606. The molecule has 1 N–H and O–H groups in total. The van der Waals surface area contributed by atoms with Crippen molar-refractivity contribution in [2.75, 3.05) is 24.8 Å². The van der Waals surface area contributed by atoms with E-state index in [0.29, 0.717) is 29.2 Å². The summed E-state index contributed by atoms with van der Waals surface area (Å²) in [6, 6.07) is 10.1. The minimum atomic E-state index is -1.05. The van der Waals surface area contributed by atoms with E-state index in [1.165, 1.54) is 17.7 Å². The molecule has 0 aliphatic carbocycles. The van der Waals surface area contributed by atoms with Crippen LogP contribution in [0.2, 0.25) is 0 Å². The maximum atomic E-state index is 13.3. The molecule has 146 valence electrons. The van der Waals surface area contributed by atoms with Crippen LogP contribution in [-0.2, 0) is 16.1 Å². The van der Waals surface area contributed by atoms with Crippen molar-refractivity contribution >= 4 is 34.3 Å². The molecule has 0 spiro atoms. The highest BCUT2D eigenvalue weighted by atomic mass is 32.2. The van der Waals surface area contributed by atoms with Crippen LogP contribution in [0.4, 0.5) is 14.5 Å². The van der Waals surface area contributed by atoms with Crippen LogP contribution >= 0.6 is 11.8 Å². The summed E-state index contributed by atoms with van der Waals surface area (Å²) in [5, 5.41) is 3.35. The van der Waals surface area contributed by atoms with Gasteiger partial charge < -0.3 is 10.1 Å². The number of aromatic nitrogens is 2. The smallest absolute Gasteiger partial charge is 0.262 e. The van der Waals surface area contributed by atoms with E-state index in [-0.39, 0.29) is 17.0 Å². The van der Waals surface area contributed by atoms with E-state index in [2.05, 4.69) is 10.3 Å². The monoisotopic (exact) mass is 405 g/mol. The third-order valence-electron chi connectivity index (χ3n) is 3.88. The number of benzene rings is 2. The summed E-state index contributed by atoms with van der Waals surface area (Å²) >= 11 is 1.08. The fourth-order valence-corrected chi connectivity index (χ4v) is 3.36. The van der Waals surface area contributed by atoms with Crippen LogP contribution in [-0.4, -0.2) is 34.9 Å². The Labute approximate surface area is 163 Å². The zero-order valence-corrected chi connectivity index (χ0v) is 15.8. The second-order valence-corrected chi connectivity index (χ2v) is 6.77. The highest BCUT2D eigenvalue weighted by Crippen LogP contribution is 2.19. The third kappa shape index (κ3) is 4.55. The minimum Gasteiger partial charge on any atom is -0.383 e. The first kappa shape index (κ1) is 20.0. The Balaban J connectivity index is 1.79. The molecular weight excluding hydrogens is 388 g/mol. The predicted octanol–water partition coefficient (Wildman–Crippen LogP) is 3.05. The van der Waals surface area contributed by atoms with Crippen LogP contribution in [0.15, 0.2) is 52.4 Å². The molecule has 0 aliphatic heterocycles.